The molecule has 0 atom stereocenters. The number of imidazole rings is 1. The monoisotopic (exact) mass is 382 g/mol. The van der Waals surface area contributed by atoms with Crippen molar-refractivity contribution in [3.05, 3.63) is 88.6 Å². The number of halogens is 2. The summed E-state index contributed by atoms with van der Waals surface area (Å²) < 4.78 is 3.76. The third-order valence-corrected chi connectivity index (χ3v) is 4.94. The molecule has 0 saturated carbocycles. The topological polar surface area (TPSA) is 35.6 Å². The van der Waals surface area contributed by atoms with Gasteiger partial charge in [-0.3, -0.25) is 0 Å². The summed E-state index contributed by atoms with van der Waals surface area (Å²) in [5.41, 5.74) is 3.65. The average molecular weight is 383 g/mol. The Balaban J connectivity index is 1.88. The quantitative estimate of drug-likeness (QED) is 0.487. The van der Waals surface area contributed by atoms with Gasteiger partial charge in [0.25, 0.3) is 0 Å². The van der Waals surface area contributed by atoms with Crippen LogP contribution in [0.4, 0.5) is 0 Å². The third-order valence-electron chi connectivity index (χ3n) is 4.30. The molecule has 4 aromatic rings. The fraction of sp³-hybridized carbons (Fsp3) is 0.100. The molecule has 2 heterocycles. The van der Waals surface area contributed by atoms with Gasteiger partial charge < -0.3 is 4.57 Å². The highest BCUT2D eigenvalue weighted by Gasteiger charge is 2.20. The smallest absolute Gasteiger partial charge is 0.137 e. The van der Waals surface area contributed by atoms with Crippen LogP contribution in [0.5, 0.6) is 0 Å². The van der Waals surface area contributed by atoms with E-state index in [9.17, 15) is 0 Å². The molecule has 26 heavy (non-hydrogen) atoms. The number of hydrogen-bond acceptors (Lipinski definition) is 2. The van der Waals surface area contributed by atoms with Gasteiger partial charge in [0.05, 0.1) is 11.4 Å². The van der Waals surface area contributed by atoms with Crippen LogP contribution in [-0.4, -0.2) is 19.3 Å². The molecule has 4 rings (SSSR count). The summed E-state index contributed by atoms with van der Waals surface area (Å²) in [6, 6.07) is 17.5. The minimum Gasteiger partial charge on any atom is -0.338 e. The summed E-state index contributed by atoms with van der Waals surface area (Å²) in [4.78, 5) is 4.43. The van der Waals surface area contributed by atoms with E-state index in [0.29, 0.717) is 16.6 Å². The van der Waals surface area contributed by atoms with Gasteiger partial charge in [-0.05, 0) is 24.3 Å². The maximum atomic E-state index is 6.75. The molecule has 0 amide bonds. The van der Waals surface area contributed by atoms with Gasteiger partial charge in [-0.15, -0.1) is 0 Å². The Hall–Kier alpha value is -2.56. The Morgan fingerprint density at radius 3 is 2.35 bits per heavy atom. The molecule has 0 bridgehead atoms. The molecule has 0 aliphatic carbocycles. The van der Waals surface area contributed by atoms with Gasteiger partial charge in [0, 0.05) is 42.0 Å². The highest BCUT2D eigenvalue weighted by Crippen LogP contribution is 2.32. The zero-order chi connectivity index (χ0) is 18.1. The molecule has 0 spiro atoms. The molecule has 6 heteroatoms. The average Bonchev–Trinajstić information content (AvgIpc) is 3.21. The number of hydrogen-bond donors (Lipinski definition) is 0. The van der Waals surface area contributed by atoms with E-state index in [1.807, 2.05) is 72.4 Å². The summed E-state index contributed by atoms with van der Waals surface area (Å²) in [5.74, 6) is 0.926. The Bertz CT molecular complexity index is 1030. The van der Waals surface area contributed by atoms with Crippen LogP contribution in [0, 0.1) is 0 Å². The van der Waals surface area contributed by atoms with Crippen LogP contribution in [0.15, 0.2) is 67.0 Å². The van der Waals surface area contributed by atoms with E-state index in [2.05, 4.69) is 4.98 Å². The lowest BCUT2D eigenvalue weighted by atomic mass is 10.1. The molecule has 0 radical (unpaired) electrons. The summed E-state index contributed by atoms with van der Waals surface area (Å²) in [7, 11) is 1.97. The normalized spacial score (nSPS) is 11.0. The van der Waals surface area contributed by atoms with Crippen molar-refractivity contribution in [2.24, 2.45) is 7.05 Å². The molecule has 0 saturated heterocycles. The largest absolute Gasteiger partial charge is 0.338 e. The molecule has 2 aromatic heterocycles. The Labute approximate surface area is 161 Å². The van der Waals surface area contributed by atoms with E-state index in [0.717, 1.165) is 28.3 Å². The van der Waals surface area contributed by atoms with Gasteiger partial charge in [0.2, 0.25) is 0 Å². The third kappa shape index (κ3) is 3.14. The number of nitrogens with zero attached hydrogens (tertiary/aromatic N) is 4. The van der Waals surface area contributed by atoms with Crippen molar-refractivity contribution in [3.8, 4) is 16.9 Å². The zero-order valence-electron chi connectivity index (χ0n) is 14.1. The number of aryl methyl sites for hydroxylation is 1. The van der Waals surface area contributed by atoms with Crippen molar-refractivity contribution in [2.45, 2.75) is 6.42 Å². The lowest BCUT2D eigenvalue weighted by molar-refractivity contribution is 0.821. The van der Waals surface area contributed by atoms with Gasteiger partial charge in [0.15, 0.2) is 0 Å². The Morgan fingerprint density at radius 2 is 1.69 bits per heavy atom. The minimum absolute atomic E-state index is 0.587. The molecule has 0 aliphatic rings. The van der Waals surface area contributed by atoms with Gasteiger partial charge >= 0.3 is 0 Å². The molecule has 130 valence electrons. The van der Waals surface area contributed by atoms with Gasteiger partial charge in [-0.25, -0.2) is 9.67 Å². The first-order chi connectivity index (χ1) is 12.6. The van der Waals surface area contributed by atoms with Crippen LogP contribution in [0.25, 0.3) is 16.9 Å². The highest BCUT2D eigenvalue weighted by molar-refractivity contribution is 6.31. The molecule has 0 N–H and O–H groups in total. The molecular formula is C20H16Cl2N4. The molecular weight excluding hydrogens is 367 g/mol. The van der Waals surface area contributed by atoms with E-state index in [1.54, 1.807) is 10.9 Å². The zero-order valence-corrected chi connectivity index (χ0v) is 15.6. The molecule has 4 nitrogen and oxygen atoms in total. The number of benzene rings is 2. The van der Waals surface area contributed by atoms with Gasteiger partial charge in [-0.1, -0.05) is 53.5 Å². The highest BCUT2D eigenvalue weighted by atomic mass is 35.5. The van der Waals surface area contributed by atoms with Crippen molar-refractivity contribution in [3.63, 3.8) is 0 Å². The van der Waals surface area contributed by atoms with Crippen molar-refractivity contribution in [1.29, 1.82) is 0 Å². The van der Waals surface area contributed by atoms with Crippen LogP contribution in [-0.2, 0) is 13.5 Å². The van der Waals surface area contributed by atoms with Crippen LogP contribution >= 0.6 is 23.2 Å². The second-order valence-corrected chi connectivity index (χ2v) is 6.80. The first-order valence-electron chi connectivity index (χ1n) is 8.18. The first kappa shape index (κ1) is 16.9. The van der Waals surface area contributed by atoms with E-state index in [1.165, 1.54) is 0 Å². The van der Waals surface area contributed by atoms with Crippen LogP contribution in [0.1, 0.15) is 11.4 Å². The summed E-state index contributed by atoms with van der Waals surface area (Å²) in [5, 5.41) is 6.07. The molecule has 2 aromatic carbocycles. The second-order valence-electron chi connectivity index (χ2n) is 6.00. The summed E-state index contributed by atoms with van der Waals surface area (Å²) >= 11 is 12.8. The summed E-state index contributed by atoms with van der Waals surface area (Å²) in [6.07, 6.45) is 4.30. The predicted octanol–water partition coefficient (Wildman–Crippen LogP) is 5.17. The number of aromatic nitrogens is 4. The van der Waals surface area contributed by atoms with E-state index in [4.69, 9.17) is 28.3 Å². The van der Waals surface area contributed by atoms with E-state index < -0.39 is 0 Å². The van der Waals surface area contributed by atoms with Crippen molar-refractivity contribution < 1.29 is 0 Å². The van der Waals surface area contributed by atoms with Gasteiger partial charge in [0.1, 0.15) is 11.0 Å². The fourth-order valence-corrected chi connectivity index (χ4v) is 3.31. The van der Waals surface area contributed by atoms with Crippen molar-refractivity contribution in [2.75, 3.05) is 0 Å². The fourth-order valence-electron chi connectivity index (χ4n) is 2.89. The Morgan fingerprint density at radius 1 is 0.962 bits per heavy atom. The van der Waals surface area contributed by atoms with Crippen LogP contribution in [0.3, 0.4) is 0 Å². The predicted molar refractivity (Wildman–Crippen MR) is 105 cm³/mol. The minimum atomic E-state index is 0.587. The molecule has 0 unspecified atom stereocenters. The molecule has 0 aliphatic heterocycles. The van der Waals surface area contributed by atoms with Crippen LogP contribution < -0.4 is 0 Å². The van der Waals surface area contributed by atoms with E-state index in [-0.39, 0.29) is 0 Å². The van der Waals surface area contributed by atoms with Crippen molar-refractivity contribution >= 4 is 23.2 Å². The van der Waals surface area contributed by atoms with E-state index >= 15 is 0 Å². The second kappa shape index (κ2) is 6.98. The lowest BCUT2D eigenvalue weighted by Crippen LogP contribution is -2.00. The lowest BCUT2D eigenvalue weighted by Gasteiger charge is -2.05. The van der Waals surface area contributed by atoms with Gasteiger partial charge in [-0.2, -0.15) is 5.10 Å². The maximum absolute atomic E-state index is 6.75. The standard InChI is InChI=1S/C20H16Cl2N4/c1-25-12-11-23-18(25)13-17-19(14-7-9-15(21)10-8-14)24-26(20(17)22)16-5-3-2-4-6-16/h2-12H,13H2,1H3. The SMILES string of the molecule is Cn1ccnc1Cc1c(-c2ccc(Cl)cc2)nn(-c2ccccc2)c1Cl. The Kier molecular flexibility index (Phi) is 4.53. The maximum Gasteiger partial charge on any atom is 0.137 e. The number of para-hydroxylation sites is 1. The van der Waals surface area contributed by atoms with Crippen LogP contribution in [0.2, 0.25) is 10.2 Å². The molecule has 0 fully saturated rings. The number of rotatable bonds is 4. The first-order valence-corrected chi connectivity index (χ1v) is 8.94. The summed E-state index contributed by atoms with van der Waals surface area (Å²) in [6.45, 7) is 0. The van der Waals surface area contributed by atoms with Crippen molar-refractivity contribution in [1.82, 2.24) is 19.3 Å².